The molecular formula is C22H29IN4O3. The van der Waals surface area contributed by atoms with Crippen LogP contribution in [0.25, 0.3) is 0 Å². The SMILES string of the molecule is CCNC(=NCC(=O)Nc1ccc(O)cc1)NC1CC(C)(C)Oc2ccccc21.I. The van der Waals surface area contributed by atoms with Gasteiger partial charge in [-0.25, -0.2) is 4.99 Å². The number of aromatic hydroxyl groups is 1. The lowest BCUT2D eigenvalue weighted by Gasteiger charge is -2.38. The van der Waals surface area contributed by atoms with Crippen molar-refractivity contribution in [1.29, 1.82) is 0 Å². The van der Waals surface area contributed by atoms with Gasteiger partial charge in [-0.15, -0.1) is 24.0 Å². The van der Waals surface area contributed by atoms with Crippen molar-refractivity contribution in [3.05, 3.63) is 54.1 Å². The Morgan fingerprint density at radius 1 is 1.20 bits per heavy atom. The van der Waals surface area contributed by atoms with Crippen LogP contribution >= 0.6 is 24.0 Å². The molecule has 0 saturated heterocycles. The molecule has 0 bridgehead atoms. The summed E-state index contributed by atoms with van der Waals surface area (Å²) in [6.07, 6.45) is 0.772. The monoisotopic (exact) mass is 524 g/mol. The summed E-state index contributed by atoms with van der Waals surface area (Å²) in [4.78, 5) is 16.7. The van der Waals surface area contributed by atoms with Gasteiger partial charge >= 0.3 is 0 Å². The van der Waals surface area contributed by atoms with E-state index in [1.165, 1.54) is 12.1 Å². The van der Waals surface area contributed by atoms with Crippen LogP contribution in [-0.2, 0) is 4.79 Å². The number of anilines is 1. The number of para-hydroxylation sites is 1. The number of fused-ring (bicyclic) bond motifs is 1. The summed E-state index contributed by atoms with van der Waals surface area (Å²) in [5.41, 5.74) is 1.38. The molecule has 0 radical (unpaired) electrons. The number of ether oxygens (including phenoxy) is 1. The van der Waals surface area contributed by atoms with Gasteiger partial charge in [-0.05, 0) is 51.1 Å². The summed E-state index contributed by atoms with van der Waals surface area (Å²) in [7, 11) is 0. The van der Waals surface area contributed by atoms with Crippen LogP contribution < -0.4 is 20.7 Å². The van der Waals surface area contributed by atoms with Crippen molar-refractivity contribution in [1.82, 2.24) is 10.6 Å². The molecule has 30 heavy (non-hydrogen) atoms. The second kappa shape index (κ2) is 10.5. The van der Waals surface area contributed by atoms with Crippen molar-refractivity contribution < 1.29 is 14.6 Å². The number of nitrogens with zero attached hydrogens (tertiary/aromatic N) is 1. The highest BCUT2D eigenvalue weighted by molar-refractivity contribution is 14.0. The summed E-state index contributed by atoms with van der Waals surface area (Å²) < 4.78 is 6.08. The number of aliphatic imine (C=N–C) groups is 1. The molecule has 0 aromatic heterocycles. The van der Waals surface area contributed by atoms with Gasteiger partial charge in [0.25, 0.3) is 0 Å². The summed E-state index contributed by atoms with van der Waals surface area (Å²) in [6, 6.07) is 14.3. The van der Waals surface area contributed by atoms with Crippen LogP contribution in [0.15, 0.2) is 53.5 Å². The maximum atomic E-state index is 12.2. The third kappa shape index (κ3) is 6.51. The number of carbonyl (C=O) groups excluding carboxylic acids is 1. The normalized spacial score (nSPS) is 17.0. The predicted octanol–water partition coefficient (Wildman–Crippen LogP) is 3.81. The van der Waals surface area contributed by atoms with Gasteiger partial charge in [-0.2, -0.15) is 0 Å². The number of benzene rings is 2. The van der Waals surface area contributed by atoms with Crippen molar-refractivity contribution in [2.45, 2.75) is 38.8 Å². The fraction of sp³-hybridized carbons (Fsp3) is 0.364. The van der Waals surface area contributed by atoms with E-state index in [0.29, 0.717) is 18.2 Å². The first kappa shape index (κ1) is 23.8. The molecule has 1 amide bonds. The lowest BCUT2D eigenvalue weighted by molar-refractivity contribution is -0.114. The van der Waals surface area contributed by atoms with E-state index in [1.54, 1.807) is 12.1 Å². The molecule has 2 aromatic rings. The Hall–Kier alpha value is -2.49. The minimum Gasteiger partial charge on any atom is -0.508 e. The minimum atomic E-state index is -0.306. The molecule has 0 spiro atoms. The molecule has 3 rings (SSSR count). The number of hydrogen-bond donors (Lipinski definition) is 4. The smallest absolute Gasteiger partial charge is 0.246 e. The van der Waals surface area contributed by atoms with Crippen LogP contribution in [0.4, 0.5) is 5.69 Å². The van der Waals surface area contributed by atoms with E-state index < -0.39 is 0 Å². The maximum Gasteiger partial charge on any atom is 0.246 e. The molecule has 2 aromatic carbocycles. The van der Waals surface area contributed by atoms with E-state index in [4.69, 9.17) is 4.74 Å². The Morgan fingerprint density at radius 2 is 1.90 bits per heavy atom. The lowest BCUT2D eigenvalue weighted by Crippen LogP contribution is -2.45. The maximum absolute atomic E-state index is 12.2. The van der Waals surface area contributed by atoms with E-state index in [0.717, 1.165) is 17.7 Å². The topological polar surface area (TPSA) is 95.0 Å². The van der Waals surface area contributed by atoms with Crippen molar-refractivity contribution in [3.8, 4) is 11.5 Å². The van der Waals surface area contributed by atoms with Crippen LogP contribution in [0.3, 0.4) is 0 Å². The number of phenols is 1. The number of carbonyl (C=O) groups is 1. The third-order valence-corrected chi connectivity index (χ3v) is 4.56. The van der Waals surface area contributed by atoms with E-state index in [2.05, 4.69) is 34.8 Å². The van der Waals surface area contributed by atoms with Crippen molar-refractivity contribution in [2.75, 3.05) is 18.4 Å². The second-order valence-electron chi connectivity index (χ2n) is 7.59. The van der Waals surface area contributed by atoms with Crippen LogP contribution in [0.5, 0.6) is 11.5 Å². The molecule has 1 aliphatic rings. The molecule has 0 aliphatic carbocycles. The van der Waals surface area contributed by atoms with Crippen molar-refractivity contribution in [2.24, 2.45) is 4.99 Å². The zero-order valence-electron chi connectivity index (χ0n) is 17.4. The first-order chi connectivity index (χ1) is 13.9. The highest BCUT2D eigenvalue weighted by atomic mass is 127. The Labute approximate surface area is 194 Å². The summed E-state index contributed by atoms with van der Waals surface area (Å²) in [5.74, 6) is 1.35. The van der Waals surface area contributed by atoms with Gasteiger partial charge in [0.2, 0.25) is 5.91 Å². The quantitative estimate of drug-likeness (QED) is 0.207. The standard InChI is InChI=1S/C22H28N4O3.HI/c1-4-23-21(24-14-20(28)25-15-9-11-16(27)12-10-15)26-18-13-22(2,3)29-19-8-6-5-7-17(18)19;/h5-12,18,27H,4,13-14H2,1-3H3,(H,25,28)(H2,23,24,26);1H. The predicted molar refractivity (Wildman–Crippen MR) is 130 cm³/mol. The molecule has 1 heterocycles. The molecule has 1 aliphatic heterocycles. The third-order valence-electron chi connectivity index (χ3n) is 4.56. The molecule has 1 atom stereocenters. The Kier molecular flexibility index (Phi) is 8.33. The first-order valence-electron chi connectivity index (χ1n) is 9.78. The zero-order valence-corrected chi connectivity index (χ0v) is 19.8. The number of halogens is 1. The van der Waals surface area contributed by atoms with Gasteiger partial charge < -0.3 is 25.8 Å². The minimum absolute atomic E-state index is 0. The van der Waals surface area contributed by atoms with E-state index in [1.807, 2.05) is 31.2 Å². The van der Waals surface area contributed by atoms with Crippen molar-refractivity contribution >= 4 is 41.5 Å². The average molecular weight is 524 g/mol. The molecule has 162 valence electrons. The summed E-state index contributed by atoms with van der Waals surface area (Å²) in [5, 5.41) is 18.7. The van der Waals surface area contributed by atoms with Crippen LogP contribution in [0, 0.1) is 0 Å². The average Bonchev–Trinajstić information content (AvgIpc) is 2.67. The highest BCUT2D eigenvalue weighted by Crippen LogP contribution is 2.39. The van der Waals surface area contributed by atoms with Gasteiger partial charge in [0.05, 0.1) is 6.04 Å². The highest BCUT2D eigenvalue weighted by Gasteiger charge is 2.33. The first-order valence-corrected chi connectivity index (χ1v) is 9.78. The molecule has 1 unspecified atom stereocenters. The number of nitrogens with one attached hydrogen (secondary N) is 3. The van der Waals surface area contributed by atoms with Crippen LogP contribution in [-0.4, -0.2) is 35.7 Å². The number of amides is 1. The van der Waals surface area contributed by atoms with Crippen molar-refractivity contribution in [3.63, 3.8) is 0 Å². The molecule has 0 fully saturated rings. The second-order valence-corrected chi connectivity index (χ2v) is 7.59. The Balaban J connectivity index is 0.00000320. The molecule has 4 N–H and O–H groups in total. The summed E-state index contributed by atoms with van der Waals surface area (Å²) >= 11 is 0. The van der Waals surface area contributed by atoms with Gasteiger partial charge in [0.15, 0.2) is 5.96 Å². The van der Waals surface area contributed by atoms with Crippen LogP contribution in [0.1, 0.15) is 38.8 Å². The number of phenolic OH excluding ortho intramolecular Hbond substituents is 1. The fourth-order valence-electron chi connectivity index (χ4n) is 3.31. The summed E-state index contributed by atoms with van der Waals surface area (Å²) in [6.45, 7) is 6.76. The number of hydrogen-bond acceptors (Lipinski definition) is 4. The van der Waals surface area contributed by atoms with Gasteiger partial charge in [-0.1, -0.05) is 18.2 Å². The zero-order chi connectivity index (χ0) is 20.9. The number of guanidine groups is 1. The molecular weight excluding hydrogens is 495 g/mol. The lowest BCUT2D eigenvalue weighted by atomic mass is 9.90. The van der Waals surface area contributed by atoms with Gasteiger partial charge in [-0.3, -0.25) is 4.79 Å². The Morgan fingerprint density at radius 3 is 2.60 bits per heavy atom. The van der Waals surface area contributed by atoms with Crippen LogP contribution in [0.2, 0.25) is 0 Å². The van der Waals surface area contributed by atoms with E-state index >= 15 is 0 Å². The molecule has 0 saturated carbocycles. The van der Waals surface area contributed by atoms with Gasteiger partial charge in [0, 0.05) is 24.2 Å². The molecule has 7 nitrogen and oxygen atoms in total. The Bertz CT molecular complexity index is 884. The molecule has 8 heteroatoms. The van der Waals surface area contributed by atoms with Gasteiger partial charge in [0.1, 0.15) is 23.6 Å². The number of rotatable bonds is 5. The van der Waals surface area contributed by atoms with E-state index in [-0.39, 0.29) is 53.8 Å². The fourth-order valence-corrected chi connectivity index (χ4v) is 3.31. The largest absolute Gasteiger partial charge is 0.508 e. The van der Waals surface area contributed by atoms with E-state index in [9.17, 15) is 9.90 Å².